The van der Waals surface area contributed by atoms with E-state index in [0.717, 1.165) is 0 Å². The zero-order valence-corrected chi connectivity index (χ0v) is 6.88. The van der Waals surface area contributed by atoms with Crippen LogP contribution in [0.2, 0.25) is 0 Å². The normalized spacial score (nSPS) is 0. The van der Waals surface area contributed by atoms with Crippen molar-refractivity contribution in [3.63, 3.8) is 0 Å². The van der Waals surface area contributed by atoms with Crippen molar-refractivity contribution in [3.8, 4) is 0 Å². The summed E-state index contributed by atoms with van der Waals surface area (Å²) in [7, 11) is 0. The topological polar surface area (TPSA) is 0 Å². The molecule has 0 N–H and O–H groups in total. The molecule has 0 heterocycles. The Morgan fingerprint density at radius 2 is 1.00 bits per heavy atom. The Kier molecular flexibility index (Phi) is 158. The van der Waals surface area contributed by atoms with Crippen molar-refractivity contribution in [2.24, 2.45) is 0 Å². The SMILES string of the molecule is B.[Co].[La].[Ni]. The van der Waals surface area contributed by atoms with E-state index in [2.05, 4.69) is 0 Å². The Morgan fingerprint density at radius 1 is 1.00 bits per heavy atom. The van der Waals surface area contributed by atoms with E-state index < -0.39 is 0 Å². The van der Waals surface area contributed by atoms with Crippen molar-refractivity contribution in [1.82, 2.24) is 0 Å². The van der Waals surface area contributed by atoms with Crippen LogP contribution in [0.15, 0.2) is 0 Å². The van der Waals surface area contributed by atoms with E-state index in [9.17, 15) is 0 Å². The molecule has 0 atom stereocenters. The van der Waals surface area contributed by atoms with Gasteiger partial charge in [0.1, 0.15) is 0 Å². The largest absolute Gasteiger partial charge is 0.0814 e. The van der Waals surface area contributed by atoms with Gasteiger partial charge in [0.15, 0.2) is 0 Å². The van der Waals surface area contributed by atoms with E-state index in [0.29, 0.717) is 0 Å². The molecule has 0 rings (SSSR count). The van der Waals surface area contributed by atoms with Gasteiger partial charge in [-0.2, -0.15) is 0 Å². The van der Waals surface area contributed by atoms with Crippen molar-refractivity contribution in [2.45, 2.75) is 0 Å². The first kappa shape index (κ1) is 33.9. The summed E-state index contributed by atoms with van der Waals surface area (Å²) >= 11 is 0. The maximum absolute atomic E-state index is 0. The molecule has 0 aliphatic heterocycles. The van der Waals surface area contributed by atoms with Gasteiger partial charge in [-0.05, 0) is 0 Å². The molecule has 0 amide bonds. The molecule has 0 spiro atoms. The predicted molar refractivity (Wildman–Crippen MR) is 9.94 cm³/mol. The standard InChI is InChI=1S/BH3.Co.La.Ni/h1H3;;;. The first-order chi connectivity index (χ1) is 0. The van der Waals surface area contributed by atoms with Crippen LogP contribution in [-0.2, 0) is 33.3 Å². The van der Waals surface area contributed by atoms with Gasteiger partial charge in [0.05, 0.1) is 8.41 Å². The van der Waals surface area contributed by atoms with Crippen molar-refractivity contribution in [2.75, 3.05) is 0 Å². The second-order valence-corrected chi connectivity index (χ2v) is 0. The molecule has 2 radical (unpaired) electrons. The van der Waals surface area contributed by atoms with Crippen molar-refractivity contribution in [3.05, 3.63) is 0 Å². The fraction of sp³-hybridized carbons (Fsp3) is 0. The molecule has 0 saturated heterocycles. The first-order valence-electron chi connectivity index (χ1n) is 0. The smallest absolute Gasteiger partial charge is 0 e. The van der Waals surface area contributed by atoms with Crippen LogP contribution in [0.1, 0.15) is 0 Å². The first-order valence-corrected chi connectivity index (χ1v) is 0. The van der Waals surface area contributed by atoms with Crippen molar-refractivity contribution < 1.29 is 68.9 Å². The molecular formula is H3BCoLaNi. The van der Waals surface area contributed by atoms with E-state index in [1.54, 1.807) is 0 Å². The van der Waals surface area contributed by atoms with Crippen LogP contribution in [0, 0.1) is 35.6 Å². The molecule has 0 aromatic heterocycles. The monoisotopic (exact) mass is 270 g/mol. The molecule has 0 unspecified atom stereocenters. The van der Waals surface area contributed by atoms with Crippen LogP contribution in [0.3, 0.4) is 0 Å². The summed E-state index contributed by atoms with van der Waals surface area (Å²) in [5.74, 6) is 0. The van der Waals surface area contributed by atoms with Crippen molar-refractivity contribution in [1.29, 1.82) is 0 Å². The molecule has 0 bridgehead atoms. The van der Waals surface area contributed by atoms with E-state index in [1.165, 1.54) is 0 Å². The van der Waals surface area contributed by atoms with Crippen LogP contribution in [-0.4, -0.2) is 8.41 Å². The van der Waals surface area contributed by atoms with Gasteiger partial charge in [0.25, 0.3) is 0 Å². The minimum absolute atomic E-state index is 0. The summed E-state index contributed by atoms with van der Waals surface area (Å²) in [6, 6.07) is 0. The molecule has 0 aromatic carbocycles. The van der Waals surface area contributed by atoms with Crippen LogP contribution < -0.4 is 0 Å². The maximum Gasteiger partial charge on any atom is 0.0814 e. The number of rotatable bonds is 0. The molecular weight excluding hydrogens is 267 g/mol. The minimum atomic E-state index is 0. The fourth-order valence-corrected chi connectivity index (χ4v) is 0. The van der Waals surface area contributed by atoms with E-state index >= 15 is 0 Å². The summed E-state index contributed by atoms with van der Waals surface area (Å²) < 4.78 is 0. The average Bonchev–Trinajstić information content (AvgIpc) is 0. The summed E-state index contributed by atoms with van der Waals surface area (Å²) in [5.41, 5.74) is 0. The second-order valence-electron chi connectivity index (χ2n) is 0. The molecule has 0 aliphatic rings. The Morgan fingerprint density at radius 3 is 1.00 bits per heavy atom. The van der Waals surface area contributed by atoms with Gasteiger partial charge in [-0.25, -0.2) is 0 Å². The Bertz CT molecular complexity index is 8.00. The summed E-state index contributed by atoms with van der Waals surface area (Å²) in [6.07, 6.45) is 0. The molecule has 4 heteroatoms. The quantitative estimate of drug-likeness (QED) is 0.486. The van der Waals surface area contributed by atoms with Gasteiger partial charge >= 0.3 is 0 Å². The summed E-state index contributed by atoms with van der Waals surface area (Å²) in [6.45, 7) is 0. The van der Waals surface area contributed by atoms with Crippen LogP contribution in [0.4, 0.5) is 0 Å². The third kappa shape index (κ3) is 8.86. The second kappa shape index (κ2) is 18.7. The minimum Gasteiger partial charge on any atom is 0 e. The van der Waals surface area contributed by atoms with E-state index in [4.69, 9.17) is 0 Å². The van der Waals surface area contributed by atoms with Crippen LogP contribution >= 0.6 is 0 Å². The molecule has 0 aromatic rings. The molecule has 0 aliphatic carbocycles. The third-order valence-corrected chi connectivity index (χ3v) is 0. The van der Waals surface area contributed by atoms with E-state index in [1.807, 2.05) is 0 Å². The van der Waals surface area contributed by atoms with Crippen molar-refractivity contribution >= 4 is 8.41 Å². The Hall–Kier alpha value is 2.26. The molecule has 0 fully saturated rings. The fourth-order valence-electron chi connectivity index (χ4n) is 0. The van der Waals surface area contributed by atoms with Gasteiger partial charge < -0.3 is 0 Å². The van der Waals surface area contributed by atoms with Gasteiger partial charge in [0.2, 0.25) is 0 Å². The molecule has 0 nitrogen and oxygen atoms in total. The summed E-state index contributed by atoms with van der Waals surface area (Å²) in [5, 5.41) is 0. The maximum atomic E-state index is 0. The molecule has 4 heavy (non-hydrogen) atoms. The third-order valence-electron chi connectivity index (χ3n) is 0. The van der Waals surface area contributed by atoms with Gasteiger partial charge in [-0.3, -0.25) is 0 Å². The van der Waals surface area contributed by atoms with Crippen LogP contribution in [0.5, 0.6) is 0 Å². The average molecular weight is 270 g/mol. The van der Waals surface area contributed by atoms with Gasteiger partial charge in [0, 0.05) is 68.9 Å². The molecule has 0 saturated carbocycles. The molecule has 28 valence electrons. The predicted octanol–water partition coefficient (Wildman–Crippen LogP) is -1.19. The Balaban J connectivity index is 0. The van der Waals surface area contributed by atoms with Crippen LogP contribution in [0.25, 0.3) is 0 Å². The number of hydrogen-bond donors (Lipinski definition) is 0. The van der Waals surface area contributed by atoms with Gasteiger partial charge in [-0.1, -0.05) is 0 Å². The zero-order chi connectivity index (χ0) is 0. The van der Waals surface area contributed by atoms with E-state index in [-0.39, 0.29) is 77.3 Å². The number of hydrogen-bond acceptors (Lipinski definition) is 0. The zero-order valence-electron chi connectivity index (χ0n) is 1.23. The summed E-state index contributed by atoms with van der Waals surface area (Å²) in [4.78, 5) is 0. The Labute approximate surface area is 76.2 Å². The van der Waals surface area contributed by atoms with Gasteiger partial charge in [-0.15, -0.1) is 0 Å².